The summed E-state index contributed by atoms with van der Waals surface area (Å²) in [5, 5.41) is 9.50. The first-order valence-electron chi connectivity index (χ1n) is 4.45. The van der Waals surface area contributed by atoms with E-state index in [4.69, 9.17) is 4.74 Å². The number of ketones is 1. The van der Waals surface area contributed by atoms with E-state index in [-0.39, 0.29) is 0 Å². The van der Waals surface area contributed by atoms with Gasteiger partial charge in [-0.05, 0) is 26.0 Å². The van der Waals surface area contributed by atoms with E-state index in [1.807, 2.05) is 0 Å². The van der Waals surface area contributed by atoms with Gasteiger partial charge in [-0.2, -0.15) is 0 Å². The highest BCUT2D eigenvalue weighted by Gasteiger charge is 2.37. The van der Waals surface area contributed by atoms with Gasteiger partial charge in [0.05, 0.1) is 0 Å². The highest BCUT2D eigenvalue weighted by atomic mass is 16.6. The summed E-state index contributed by atoms with van der Waals surface area (Å²) in [7, 11) is 0. The zero-order valence-electron chi connectivity index (χ0n) is 8.56. The Hall–Kier alpha value is -1.68. The van der Waals surface area contributed by atoms with Gasteiger partial charge in [0.25, 0.3) is 0 Å². The minimum absolute atomic E-state index is 0.295. The van der Waals surface area contributed by atoms with Crippen molar-refractivity contribution in [3.63, 3.8) is 0 Å². The third-order valence-electron chi connectivity index (χ3n) is 2.04. The molecule has 0 aliphatic rings. The molecule has 80 valence electrons. The predicted molar refractivity (Wildman–Crippen MR) is 53.4 cm³/mol. The van der Waals surface area contributed by atoms with Crippen molar-refractivity contribution in [3.05, 3.63) is 30.3 Å². The average molecular weight is 208 g/mol. The summed E-state index contributed by atoms with van der Waals surface area (Å²) in [6.07, 6.45) is 0. The van der Waals surface area contributed by atoms with E-state index in [1.54, 1.807) is 30.3 Å². The molecule has 0 aliphatic carbocycles. The Bertz CT molecular complexity index is 367. The van der Waals surface area contributed by atoms with Gasteiger partial charge in [-0.1, -0.05) is 18.2 Å². The molecule has 0 saturated heterocycles. The standard InChI is InChI=1S/C11H12O4/c1-8(12)11(2,14)10(13)15-9-6-4-3-5-7-9/h3-7,14H,1-2H3/t11-/m0/s1. The maximum absolute atomic E-state index is 11.4. The minimum atomic E-state index is -2.09. The molecular weight excluding hydrogens is 196 g/mol. The Morgan fingerprint density at radius 1 is 1.27 bits per heavy atom. The molecule has 0 bridgehead atoms. The van der Waals surface area contributed by atoms with Crippen LogP contribution in [-0.4, -0.2) is 22.5 Å². The Morgan fingerprint density at radius 3 is 2.27 bits per heavy atom. The van der Waals surface area contributed by atoms with Gasteiger partial charge < -0.3 is 9.84 Å². The number of hydrogen-bond acceptors (Lipinski definition) is 4. The van der Waals surface area contributed by atoms with Crippen LogP contribution in [-0.2, 0) is 9.59 Å². The molecule has 0 unspecified atom stereocenters. The quantitative estimate of drug-likeness (QED) is 0.456. The monoisotopic (exact) mass is 208 g/mol. The molecule has 0 spiro atoms. The zero-order chi connectivity index (χ0) is 11.5. The molecule has 0 aromatic heterocycles. The number of benzene rings is 1. The van der Waals surface area contributed by atoms with E-state index in [1.165, 1.54) is 0 Å². The molecule has 0 saturated carbocycles. The number of carbonyl (C=O) groups is 2. The van der Waals surface area contributed by atoms with Crippen molar-refractivity contribution in [2.75, 3.05) is 0 Å². The van der Waals surface area contributed by atoms with Crippen molar-refractivity contribution in [1.82, 2.24) is 0 Å². The summed E-state index contributed by atoms with van der Waals surface area (Å²) in [6.45, 7) is 2.24. The molecule has 0 radical (unpaired) electrons. The smallest absolute Gasteiger partial charge is 0.351 e. The molecule has 1 N–H and O–H groups in total. The van der Waals surface area contributed by atoms with E-state index in [0.29, 0.717) is 5.75 Å². The number of Topliss-reactive ketones (excluding diaryl/α,β-unsaturated/α-hetero) is 1. The summed E-state index contributed by atoms with van der Waals surface area (Å²) in [4.78, 5) is 22.3. The van der Waals surface area contributed by atoms with Crippen LogP contribution in [0.15, 0.2) is 30.3 Å². The van der Waals surface area contributed by atoms with Crippen LogP contribution >= 0.6 is 0 Å². The Morgan fingerprint density at radius 2 is 1.80 bits per heavy atom. The van der Waals surface area contributed by atoms with Gasteiger partial charge in [0.15, 0.2) is 5.78 Å². The normalized spacial score (nSPS) is 14.1. The lowest BCUT2D eigenvalue weighted by Crippen LogP contribution is -2.45. The maximum atomic E-state index is 11.4. The van der Waals surface area contributed by atoms with Crippen molar-refractivity contribution in [3.8, 4) is 5.75 Å². The summed E-state index contributed by atoms with van der Waals surface area (Å²) >= 11 is 0. The highest BCUT2D eigenvalue weighted by molar-refractivity contribution is 6.05. The fourth-order valence-electron chi connectivity index (χ4n) is 0.839. The maximum Gasteiger partial charge on any atom is 0.351 e. The van der Waals surface area contributed by atoms with Gasteiger partial charge in [0.1, 0.15) is 5.75 Å². The highest BCUT2D eigenvalue weighted by Crippen LogP contribution is 2.14. The van der Waals surface area contributed by atoms with Gasteiger partial charge in [-0.25, -0.2) is 4.79 Å². The number of para-hydroxylation sites is 1. The Kier molecular flexibility index (Phi) is 3.21. The van der Waals surface area contributed by atoms with Crippen LogP contribution in [0.2, 0.25) is 0 Å². The van der Waals surface area contributed by atoms with Gasteiger partial charge in [0.2, 0.25) is 5.60 Å². The second-order valence-corrected chi connectivity index (χ2v) is 3.33. The van der Waals surface area contributed by atoms with Crippen LogP contribution in [0.25, 0.3) is 0 Å². The molecule has 1 aromatic carbocycles. The SMILES string of the molecule is CC(=O)[C@](C)(O)C(=O)Oc1ccccc1. The largest absolute Gasteiger partial charge is 0.424 e. The molecule has 1 rings (SSSR count). The van der Waals surface area contributed by atoms with Crippen molar-refractivity contribution >= 4 is 11.8 Å². The lowest BCUT2D eigenvalue weighted by atomic mass is 10.0. The summed E-state index contributed by atoms with van der Waals surface area (Å²) in [5.41, 5.74) is -2.09. The van der Waals surface area contributed by atoms with Gasteiger partial charge in [0, 0.05) is 0 Å². The lowest BCUT2D eigenvalue weighted by Gasteiger charge is -2.17. The molecular formula is C11H12O4. The molecule has 0 aliphatic heterocycles. The van der Waals surface area contributed by atoms with Crippen LogP contribution in [0, 0.1) is 0 Å². The number of hydrogen-bond donors (Lipinski definition) is 1. The third kappa shape index (κ3) is 2.63. The molecule has 1 atom stereocenters. The number of esters is 1. The molecule has 1 aromatic rings. The van der Waals surface area contributed by atoms with E-state index in [2.05, 4.69) is 0 Å². The van der Waals surface area contributed by atoms with Crippen LogP contribution in [0.1, 0.15) is 13.8 Å². The molecule has 0 fully saturated rings. The van der Waals surface area contributed by atoms with E-state index < -0.39 is 17.4 Å². The predicted octanol–water partition coefficient (Wildman–Crippen LogP) is 0.932. The Balaban J connectivity index is 2.77. The first-order valence-corrected chi connectivity index (χ1v) is 4.45. The molecule has 0 heterocycles. The second-order valence-electron chi connectivity index (χ2n) is 3.33. The van der Waals surface area contributed by atoms with E-state index in [0.717, 1.165) is 13.8 Å². The average Bonchev–Trinajstić information content (AvgIpc) is 2.18. The van der Waals surface area contributed by atoms with Crippen molar-refractivity contribution in [2.24, 2.45) is 0 Å². The lowest BCUT2D eigenvalue weighted by molar-refractivity contribution is -0.159. The summed E-state index contributed by atoms with van der Waals surface area (Å²) in [6, 6.07) is 8.26. The zero-order valence-corrected chi connectivity index (χ0v) is 8.56. The van der Waals surface area contributed by atoms with Gasteiger partial charge in [-0.15, -0.1) is 0 Å². The number of rotatable bonds is 3. The molecule has 4 heteroatoms. The molecule has 0 amide bonds. The van der Waals surface area contributed by atoms with Crippen LogP contribution < -0.4 is 4.74 Å². The van der Waals surface area contributed by atoms with Gasteiger partial charge >= 0.3 is 5.97 Å². The number of ether oxygens (including phenoxy) is 1. The fraction of sp³-hybridized carbons (Fsp3) is 0.273. The third-order valence-corrected chi connectivity index (χ3v) is 2.04. The fourth-order valence-corrected chi connectivity index (χ4v) is 0.839. The Labute approximate surface area is 87.5 Å². The van der Waals surface area contributed by atoms with Crippen LogP contribution in [0.3, 0.4) is 0 Å². The summed E-state index contributed by atoms with van der Waals surface area (Å²) < 4.78 is 4.83. The first-order chi connectivity index (χ1) is 6.94. The first kappa shape index (κ1) is 11.4. The van der Waals surface area contributed by atoms with E-state index in [9.17, 15) is 14.7 Å². The van der Waals surface area contributed by atoms with Crippen LogP contribution in [0.4, 0.5) is 0 Å². The summed E-state index contributed by atoms with van der Waals surface area (Å²) in [5.74, 6) is -1.33. The minimum Gasteiger partial charge on any atom is -0.424 e. The number of aliphatic hydroxyl groups is 1. The van der Waals surface area contributed by atoms with Crippen molar-refractivity contribution in [1.29, 1.82) is 0 Å². The topological polar surface area (TPSA) is 63.6 Å². The van der Waals surface area contributed by atoms with Gasteiger partial charge in [-0.3, -0.25) is 4.79 Å². The van der Waals surface area contributed by atoms with E-state index >= 15 is 0 Å². The van der Waals surface area contributed by atoms with Crippen molar-refractivity contribution in [2.45, 2.75) is 19.4 Å². The molecule has 4 nitrogen and oxygen atoms in total. The number of carbonyl (C=O) groups excluding carboxylic acids is 2. The van der Waals surface area contributed by atoms with Crippen molar-refractivity contribution < 1.29 is 19.4 Å². The van der Waals surface area contributed by atoms with Crippen LogP contribution in [0.5, 0.6) is 5.75 Å². The molecule has 15 heavy (non-hydrogen) atoms. The second kappa shape index (κ2) is 4.23.